The molecule has 2 rings (SSSR count). The predicted octanol–water partition coefficient (Wildman–Crippen LogP) is 2.64. The van der Waals surface area contributed by atoms with Crippen LogP contribution >= 0.6 is 0 Å². The highest BCUT2D eigenvalue weighted by Crippen LogP contribution is 2.27. The Kier molecular flexibility index (Phi) is 4.66. The standard InChI is InChI=1S/C14H28N2/c1-3-13-8-10-16(11-9-15-13)14-6-4-12(2)5-7-14/h12-15H,3-11H2,1-2H3. The molecule has 2 aliphatic rings. The minimum atomic E-state index is 0.771. The van der Waals surface area contributed by atoms with E-state index in [0.717, 1.165) is 18.0 Å². The second-order valence-corrected chi connectivity index (χ2v) is 5.80. The van der Waals surface area contributed by atoms with Crippen LogP contribution in [0.3, 0.4) is 0 Å². The van der Waals surface area contributed by atoms with Crippen LogP contribution in [0.2, 0.25) is 0 Å². The van der Waals surface area contributed by atoms with E-state index in [0.29, 0.717) is 0 Å². The summed E-state index contributed by atoms with van der Waals surface area (Å²) in [4.78, 5) is 2.76. The van der Waals surface area contributed by atoms with Crippen LogP contribution in [-0.2, 0) is 0 Å². The Balaban J connectivity index is 1.80. The van der Waals surface area contributed by atoms with E-state index < -0.39 is 0 Å². The largest absolute Gasteiger partial charge is 0.313 e. The Morgan fingerprint density at radius 3 is 2.50 bits per heavy atom. The summed E-state index contributed by atoms with van der Waals surface area (Å²) in [6.07, 6.45) is 8.42. The van der Waals surface area contributed by atoms with Crippen molar-refractivity contribution < 1.29 is 0 Å². The summed E-state index contributed by atoms with van der Waals surface area (Å²) in [7, 11) is 0. The maximum Gasteiger partial charge on any atom is 0.0110 e. The molecule has 16 heavy (non-hydrogen) atoms. The van der Waals surface area contributed by atoms with Gasteiger partial charge in [0.1, 0.15) is 0 Å². The lowest BCUT2D eigenvalue weighted by Crippen LogP contribution is -2.39. The van der Waals surface area contributed by atoms with Crippen LogP contribution in [0.25, 0.3) is 0 Å². The van der Waals surface area contributed by atoms with Crippen LogP contribution < -0.4 is 5.32 Å². The van der Waals surface area contributed by atoms with E-state index in [4.69, 9.17) is 0 Å². The lowest BCUT2D eigenvalue weighted by molar-refractivity contribution is 0.147. The first-order valence-corrected chi connectivity index (χ1v) is 7.27. The van der Waals surface area contributed by atoms with Crippen LogP contribution in [0, 0.1) is 5.92 Å². The van der Waals surface area contributed by atoms with Crippen LogP contribution in [0.4, 0.5) is 0 Å². The molecule has 2 nitrogen and oxygen atoms in total. The summed E-state index contributed by atoms with van der Waals surface area (Å²) in [6.45, 7) is 8.51. The van der Waals surface area contributed by atoms with Gasteiger partial charge in [-0.3, -0.25) is 4.90 Å². The fraction of sp³-hybridized carbons (Fsp3) is 1.00. The zero-order chi connectivity index (χ0) is 11.4. The molecular weight excluding hydrogens is 196 g/mol. The van der Waals surface area contributed by atoms with Crippen molar-refractivity contribution in [1.82, 2.24) is 10.2 Å². The van der Waals surface area contributed by atoms with Gasteiger partial charge in [-0.25, -0.2) is 0 Å². The van der Waals surface area contributed by atoms with E-state index in [1.165, 1.54) is 58.2 Å². The van der Waals surface area contributed by atoms with Gasteiger partial charge in [-0.2, -0.15) is 0 Å². The molecule has 0 aromatic heterocycles. The third-order valence-electron chi connectivity index (χ3n) is 4.59. The average molecular weight is 224 g/mol. The quantitative estimate of drug-likeness (QED) is 0.776. The van der Waals surface area contributed by atoms with Crippen molar-refractivity contribution in [2.24, 2.45) is 5.92 Å². The van der Waals surface area contributed by atoms with Crippen molar-refractivity contribution in [2.75, 3.05) is 19.6 Å². The van der Waals surface area contributed by atoms with E-state index >= 15 is 0 Å². The molecule has 0 aromatic carbocycles. The minimum Gasteiger partial charge on any atom is -0.313 e. The summed E-state index contributed by atoms with van der Waals surface area (Å²) < 4.78 is 0. The Morgan fingerprint density at radius 1 is 1.06 bits per heavy atom. The molecule has 1 N–H and O–H groups in total. The Morgan fingerprint density at radius 2 is 1.81 bits per heavy atom. The SMILES string of the molecule is CCC1CCN(C2CCC(C)CC2)CCN1. The molecular formula is C14H28N2. The highest BCUT2D eigenvalue weighted by Gasteiger charge is 2.25. The van der Waals surface area contributed by atoms with Crippen molar-refractivity contribution in [2.45, 2.75) is 64.5 Å². The van der Waals surface area contributed by atoms with Gasteiger partial charge in [0.25, 0.3) is 0 Å². The molecule has 0 amide bonds. The highest BCUT2D eigenvalue weighted by molar-refractivity contribution is 4.82. The zero-order valence-corrected chi connectivity index (χ0v) is 11.0. The van der Waals surface area contributed by atoms with E-state index in [9.17, 15) is 0 Å². The molecule has 0 aromatic rings. The van der Waals surface area contributed by atoms with Crippen molar-refractivity contribution in [1.29, 1.82) is 0 Å². The number of nitrogens with zero attached hydrogens (tertiary/aromatic N) is 1. The molecule has 0 radical (unpaired) electrons. The molecule has 1 heterocycles. The average Bonchev–Trinajstić information content (AvgIpc) is 2.55. The molecule has 94 valence electrons. The number of rotatable bonds is 2. The summed E-state index contributed by atoms with van der Waals surface area (Å²) >= 11 is 0. The summed E-state index contributed by atoms with van der Waals surface area (Å²) in [5.74, 6) is 0.977. The third kappa shape index (κ3) is 3.21. The third-order valence-corrected chi connectivity index (χ3v) is 4.59. The van der Waals surface area contributed by atoms with Gasteiger partial charge in [0.05, 0.1) is 0 Å². The first kappa shape index (κ1) is 12.4. The molecule has 1 unspecified atom stereocenters. The summed E-state index contributed by atoms with van der Waals surface area (Å²) in [5, 5.41) is 3.67. The second-order valence-electron chi connectivity index (χ2n) is 5.80. The first-order chi connectivity index (χ1) is 7.79. The van der Waals surface area contributed by atoms with Gasteiger partial charge in [-0.1, -0.05) is 13.8 Å². The molecule has 1 saturated carbocycles. The van der Waals surface area contributed by atoms with Crippen LogP contribution in [0.5, 0.6) is 0 Å². The number of hydrogen-bond acceptors (Lipinski definition) is 2. The maximum atomic E-state index is 3.67. The first-order valence-electron chi connectivity index (χ1n) is 7.27. The smallest absolute Gasteiger partial charge is 0.0110 e. The van der Waals surface area contributed by atoms with E-state index in [-0.39, 0.29) is 0 Å². The number of hydrogen-bond donors (Lipinski definition) is 1. The summed E-state index contributed by atoms with van der Waals surface area (Å²) in [5.41, 5.74) is 0. The Hall–Kier alpha value is -0.0800. The summed E-state index contributed by atoms with van der Waals surface area (Å²) in [6, 6.07) is 1.67. The molecule has 2 fully saturated rings. The molecule has 1 atom stereocenters. The zero-order valence-electron chi connectivity index (χ0n) is 11.0. The highest BCUT2D eigenvalue weighted by atomic mass is 15.2. The molecule has 1 aliphatic carbocycles. The van der Waals surface area contributed by atoms with Crippen LogP contribution in [0.1, 0.15) is 52.4 Å². The number of nitrogens with one attached hydrogen (secondary N) is 1. The second kappa shape index (κ2) is 6.02. The van der Waals surface area contributed by atoms with E-state index in [1.807, 2.05) is 0 Å². The van der Waals surface area contributed by atoms with Gasteiger partial charge in [0, 0.05) is 25.2 Å². The fourth-order valence-electron chi connectivity index (χ4n) is 3.27. The van der Waals surface area contributed by atoms with Gasteiger partial charge in [0.2, 0.25) is 0 Å². The van der Waals surface area contributed by atoms with Crippen molar-refractivity contribution >= 4 is 0 Å². The normalized spacial score (nSPS) is 38.2. The van der Waals surface area contributed by atoms with E-state index in [1.54, 1.807) is 0 Å². The minimum absolute atomic E-state index is 0.771. The molecule has 1 aliphatic heterocycles. The maximum absolute atomic E-state index is 3.67. The van der Waals surface area contributed by atoms with E-state index in [2.05, 4.69) is 24.1 Å². The predicted molar refractivity (Wildman–Crippen MR) is 69.7 cm³/mol. The van der Waals surface area contributed by atoms with Crippen LogP contribution in [0.15, 0.2) is 0 Å². The fourth-order valence-corrected chi connectivity index (χ4v) is 3.27. The van der Waals surface area contributed by atoms with Crippen molar-refractivity contribution in [3.8, 4) is 0 Å². The van der Waals surface area contributed by atoms with Crippen molar-refractivity contribution in [3.05, 3.63) is 0 Å². The molecule has 0 spiro atoms. The van der Waals surface area contributed by atoms with Gasteiger partial charge in [-0.05, 0) is 51.0 Å². The lowest BCUT2D eigenvalue weighted by atomic mass is 9.86. The molecule has 1 saturated heterocycles. The topological polar surface area (TPSA) is 15.3 Å². The Labute approximate surface area is 101 Å². The molecule has 0 bridgehead atoms. The van der Waals surface area contributed by atoms with Crippen molar-refractivity contribution in [3.63, 3.8) is 0 Å². The molecule has 2 heteroatoms. The Bertz CT molecular complexity index is 197. The van der Waals surface area contributed by atoms with Gasteiger partial charge < -0.3 is 5.32 Å². The van der Waals surface area contributed by atoms with Gasteiger partial charge in [-0.15, -0.1) is 0 Å². The van der Waals surface area contributed by atoms with Gasteiger partial charge in [0.15, 0.2) is 0 Å². The monoisotopic (exact) mass is 224 g/mol. The van der Waals surface area contributed by atoms with Gasteiger partial charge >= 0.3 is 0 Å². The van der Waals surface area contributed by atoms with Crippen LogP contribution in [-0.4, -0.2) is 36.6 Å². The lowest BCUT2D eigenvalue weighted by Gasteiger charge is -2.35.